The first-order valence-corrected chi connectivity index (χ1v) is 6.13. The summed E-state index contributed by atoms with van der Waals surface area (Å²) in [5.74, 6) is -1.17. The van der Waals surface area contributed by atoms with Crippen LogP contribution in [0.1, 0.15) is 18.9 Å². The highest BCUT2D eigenvalue weighted by Crippen LogP contribution is 2.25. The largest absolute Gasteiger partial charge is 0.383 e. The first kappa shape index (κ1) is 14.5. The first-order valence-electron chi connectivity index (χ1n) is 5.33. The predicted molar refractivity (Wildman–Crippen MR) is 66.8 cm³/mol. The van der Waals surface area contributed by atoms with Gasteiger partial charge in [-0.1, -0.05) is 6.92 Å². The second kappa shape index (κ2) is 5.89. The van der Waals surface area contributed by atoms with Crippen LogP contribution in [0.5, 0.6) is 0 Å². The Kier molecular flexibility index (Phi) is 5.04. The van der Waals surface area contributed by atoms with E-state index in [9.17, 15) is 8.78 Å². The summed E-state index contributed by atoms with van der Waals surface area (Å²) in [7, 11) is 1.52. The minimum Gasteiger partial charge on any atom is -0.383 e. The van der Waals surface area contributed by atoms with Crippen LogP contribution >= 0.6 is 15.9 Å². The third kappa shape index (κ3) is 3.47. The van der Waals surface area contributed by atoms with Gasteiger partial charge in [-0.05, 0) is 40.9 Å². The van der Waals surface area contributed by atoms with Crippen molar-refractivity contribution in [2.75, 3.05) is 13.7 Å². The monoisotopic (exact) mass is 307 g/mol. The van der Waals surface area contributed by atoms with Gasteiger partial charge in [0.25, 0.3) is 0 Å². The summed E-state index contributed by atoms with van der Waals surface area (Å²) < 4.78 is 32.6. The van der Waals surface area contributed by atoms with Gasteiger partial charge in [0, 0.05) is 18.2 Å². The van der Waals surface area contributed by atoms with Gasteiger partial charge < -0.3 is 10.5 Å². The Hall–Kier alpha value is -0.520. The van der Waals surface area contributed by atoms with Gasteiger partial charge in [0.15, 0.2) is 0 Å². The predicted octanol–water partition coefficient (Wildman–Crippen LogP) is 3.02. The topological polar surface area (TPSA) is 35.2 Å². The maximum Gasteiger partial charge on any atom is 0.143 e. The Morgan fingerprint density at radius 3 is 2.59 bits per heavy atom. The number of hydrogen-bond acceptors (Lipinski definition) is 2. The molecule has 1 unspecified atom stereocenters. The summed E-state index contributed by atoms with van der Waals surface area (Å²) in [5, 5.41) is 0. The summed E-state index contributed by atoms with van der Waals surface area (Å²) >= 11 is 3.03. The van der Waals surface area contributed by atoms with E-state index in [2.05, 4.69) is 15.9 Å². The fraction of sp³-hybridized carbons (Fsp3) is 0.500. The lowest BCUT2D eigenvalue weighted by atomic mass is 9.89. The summed E-state index contributed by atoms with van der Waals surface area (Å²) in [6, 6.07) is 2.57. The number of rotatable bonds is 5. The Labute approximate surface area is 108 Å². The summed E-state index contributed by atoms with van der Waals surface area (Å²) in [5.41, 5.74) is 5.30. The van der Waals surface area contributed by atoms with Gasteiger partial charge in [-0.3, -0.25) is 0 Å². The molecule has 0 amide bonds. The molecule has 0 spiro atoms. The quantitative estimate of drug-likeness (QED) is 0.849. The molecule has 0 saturated carbocycles. The third-order valence-corrected chi connectivity index (χ3v) is 3.42. The molecule has 0 aliphatic rings. The van der Waals surface area contributed by atoms with Crippen molar-refractivity contribution in [3.8, 4) is 0 Å². The normalized spacial score (nSPS) is 14.7. The van der Waals surface area contributed by atoms with E-state index in [-0.39, 0.29) is 23.1 Å². The first-order chi connectivity index (χ1) is 7.93. The Balaban J connectivity index is 3.05. The average Bonchev–Trinajstić information content (AvgIpc) is 2.30. The number of hydrogen-bond donors (Lipinski definition) is 1. The van der Waals surface area contributed by atoms with Gasteiger partial charge in [0.05, 0.1) is 11.1 Å². The zero-order valence-corrected chi connectivity index (χ0v) is 11.5. The van der Waals surface area contributed by atoms with Crippen LogP contribution < -0.4 is 5.73 Å². The van der Waals surface area contributed by atoms with E-state index in [0.717, 1.165) is 0 Å². The van der Waals surface area contributed by atoms with E-state index in [1.807, 2.05) is 6.92 Å². The Morgan fingerprint density at radius 1 is 1.41 bits per heavy atom. The highest BCUT2D eigenvalue weighted by atomic mass is 79.9. The van der Waals surface area contributed by atoms with Crippen molar-refractivity contribution in [1.29, 1.82) is 0 Å². The summed E-state index contributed by atoms with van der Waals surface area (Å²) in [6.07, 6.45) is 0.681. The minimum absolute atomic E-state index is 0.000718. The van der Waals surface area contributed by atoms with E-state index >= 15 is 0 Å². The van der Waals surface area contributed by atoms with Crippen LogP contribution in [0.4, 0.5) is 8.78 Å². The van der Waals surface area contributed by atoms with E-state index in [1.54, 1.807) is 0 Å². The lowest BCUT2D eigenvalue weighted by Gasteiger charge is -2.27. The number of benzene rings is 1. The SMILES string of the molecule is CCC(N)(COC)Cc1c(F)ccc(Br)c1F. The van der Waals surface area contributed by atoms with Crippen LogP contribution in [0.25, 0.3) is 0 Å². The van der Waals surface area contributed by atoms with Crippen molar-refractivity contribution in [1.82, 2.24) is 0 Å². The molecule has 0 aromatic heterocycles. The van der Waals surface area contributed by atoms with Crippen LogP contribution in [0.2, 0.25) is 0 Å². The highest BCUT2D eigenvalue weighted by molar-refractivity contribution is 9.10. The lowest BCUT2D eigenvalue weighted by Crippen LogP contribution is -2.46. The van der Waals surface area contributed by atoms with E-state index in [0.29, 0.717) is 6.42 Å². The molecule has 5 heteroatoms. The molecule has 0 aliphatic carbocycles. The van der Waals surface area contributed by atoms with Crippen LogP contribution in [-0.2, 0) is 11.2 Å². The number of methoxy groups -OCH3 is 1. The van der Waals surface area contributed by atoms with E-state index in [1.165, 1.54) is 19.2 Å². The molecule has 1 rings (SSSR count). The van der Waals surface area contributed by atoms with Gasteiger partial charge in [-0.15, -0.1) is 0 Å². The van der Waals surface area contributed by atoms with Gasteiger partial charge >= 0.3 is 0 Å². The molecule has 17 heavy (non-hydrogen) atoms. The number of nitrogens with two attached hydrogens (primary N) is 1. The number of halogens is 3. The molecule has 2 N–H and O–H groups in total. The van der Waals surface area contributed by atoms with Crippen LogP contribution in [0.15, 0.2) is 16.6 Å². The standard InChI is InChI=1S/C12H16BrF2NO/c1-3-12(16,7-17-2)6-8-10(14)5-4-9(13)11(8)15/h4-5H,3,6-7,16H2,1-2H3. The minimum atomic E-state index is -0.753. The zero-order valence-electron chi connectivity index (χ0n) is 9.90. The van der Waals surface area contributed by atoms with Crippen molar-refractivity contribution in [2.45, 2.75) is 25.3 Å². The second-order valence-electron chi connectivity index (χ2n) is 4.15. The molecule has 0 bridgehead atoms. The maximum absolute atomic E-state index is 13.8. The molecule has 1 atom stereocenters. The van der Waals surface area contributed by atoms with Crippen LogP contribution in [0.3, 0.4) is 0 Å². The average molecular weight is 308 g/mol. The van der Waals surface area contributed by atoms with Crippen molar-refractivity contribution >= 4 is 15.9 Å². The molecule has 0 aliphatic heterocycles. The zero-order chi connectivity index (χ0) is 13.1. The van der Waals surface area contributed by atoms with Crippen molar-refractivity contribution < 1.29 is 13.5 Å². The molecular formula is C12H16BrF2NO. The molecule has 0 fully saturated rings. The Bertz CT molecular complexity index is 400. The van der Waals surface area contributed by atoms with Gasteiger partial charge in [0.2, 0.25) is 0 Å². The van der Waals surface area contributed by atoms with Crippen molar-refractivity contribution in [3.63, 3.8) is 0 Å². The number of ether oxygens (including phenoxy) is 1. The van der Waals surface area contributed by atoms with E-state index in [4.69, 9.17) is 10.5 Å². The molecular weight excluding hydrogens is 292 g/mol. The molecule has 0 heterocycles. The van der Waals surface area contributed by atoms with Gasteiger partial charge in [-0.2, -0.15) is 0 Å². The van der Waals surface area contributed by atoms with E-state index < -0.39 is 17.2 Å². The maximum atomic E-state index is 13.8. The van der Waals surface area contributed by atoms with Gasteiger partial charge in [0.1, 0.15) is 11.6 Å². The third-order valence-electron chi connectivity index (χ3n) is 2.80. The lowest BCUT2D eigenvalue weighted by molar-refractivity contribution is 0.128. The summed E-state index contributed by atoms with van der Waals surface area (Å²) in [4.78, 5) is 0. The molecule has 1 aromatic carbocycles. The van der Waals surface area contributed by atoms with Crippen LogP contribution in [-0.4, -0.2) is 19.3 Å². The highest BCUT2D eigenvalue weighted by Gasteiger charge is 2.27. The molecule has 96 valence electrons. The van der Waals surface area contributed by atoms with Crippen LogP contribution in [0, 0.1) is 11.6 Å². The smallest absolute Gasteiger partial charge is 0.143 e. The fourth-order valence-electron chi connectivity index (χ4n) is 1.65. The molecule has 2 nitrogen and oxygen atoms in total. The Morgan fingerprint density at radius 2 is 2.06 bits per heavy atom. The van der Waals surface area contributed by atoms with Crippen molar-refractivity contribution in [2.24, 2.45) is 5.73 Å². The van der Waals surface area contributed by atoms with Crippen molar-refractivity contribution in [3.05, 3.63) is 33.8 Å². The fourth-order valence-corrected chi connectivity index (χ4v) is 2.02. The molecule has 0 radical (unpaired) electrons. The molecule has 0 saturated heterocycles. The summed E-state index contributed by atoms with van der Waals surface area (Å²) in [6.45, 7) is 2.13. The second-order valence-corrected chi connectivity index (χ2v) is 5.00. The van der Waals surface area contributed by atoms with Gasteiger partial charge in [-0.25, -0.2) is 8.78 Å². The molecule has 1 aromatic rings.